The van der Waals surface area contributed by atoms with Crippen molar-refractivity contribution < 1.29 is 9.47 Å². The Morgan fingerprint density at radius 2 is 1.68 bits per heavy atom. The van der Waals surface area contributed by atoms with Crippen LogP contribution in [0.25, 0.3) is 28.7 Å². The number of nitrogens with zero attached hydrogens (tertiary/aromatic N) is 3. The third kappa shape index (κ3) is 5.82. The van der Waals surface area contributed by atoms with Gasteiger partial charge in [-0.05, 0) is 48.2 Å². The molecule has 0 spiro atoms. The molecule has 1 atom stereocenters. The van der Waals surface area contributed by atoms with Crippen molar-refractivity contribution in [1.29, 1.82) is 0 Å². The lowest BCUT2D eigenvalue weighted by atomic mass is 9.79. The highest BCUT2D eigenvalue weighted by atomic mass is 16.7. The number of benzene rings is 3. The molecule has 2 aromatic heterocycles. The minimum Gasteiger partial charge on any atom is -0.454 e. The minimum atomic E-state index is -0.0189. The summed E-state index contributed by atoms with van der Waals surface area (Å²) in [6.07, 6.45) is 9.91. The van der Waals surface area contributed by atoms with Crippen LogP contribution in [0.15, 0.2) is 97.2 Å². The van der Waals surface area contributed by atoms with Crippen molar-refractivity contribution >= 4 is 6.08 Å². The van der Waals surface area contributed by atoms with Crippen molar-refractivity contribution in [3.63, 3.8) is 0 Å². The lowest BCUT2D eigenvalue weighted by Crippen LogP contribution is -2.37. The maximum Gasteiger partial charge on any atom is 0.231 e. The van der Waals surface area contributed by atoms with E-state index in [1.165, 1.54) is 22.5 Å². The van der Waals surface area contributed by atoms with Gasteiger partial charge in [0, 0.05) is 54.6 Å². The summed E-state index contributed by atoms with van der Waals surface area (Å²) >= 11 is 0. The van der Waals surface area contributed by atoms with E-state index in [0.29, 0.717) is 0 Å². The molecule has 2 aliphatic rings. The smallest absolute Gasteiger partial charge is 0.231 e. The number of aromatic nitrogens is 3. The maximum absolute atomic E-state index is 5.76. The summed E-state index contributed by atoms with van der Waals surface area (Å²) in [5.74, 6) is 2.68. The number of hydrogen-bond donors (Lipinski definition) is 1. The number of fused-ring (bicyclic) bond motifs is 2. The van der Waals surface area contributed by atoms with Crippen LogP contribution in [0.5, 0.6) is 11.5 Å². The summed E-state index contributed by atoms with van der Waals surface area (Å²) < 4.78 is 13.9. The van der Waals surface area contributed by atoms with E-state index in [4.69, 9.17) is 14.5 Å². The van der Waals surface area contributed by atoms with Crippen molar-refractivity contribution in [1.82, 2.24) is 19.4 Å². The monoisotopic (exact) mass is 584 g/mol. The number of hydrogen-bond acceptors (Lipinski definition) is 4. The van der Waals surface area contributed by atoms with Crippen LogP contribution in [0, 0.1) is 5.41 Å². The van der Waals surface area contributed by atoms with Gasteiger partial charge in [-0.25, -0.2) is 4.98 Å². The number of aromatic amines is 1. The van der Waals surface area contributed by atoms with Crippen molar-refractivity contribution in [2.24, 2.45) is 5.41 Å². The molecule has 6 heteroatoms. The van der Waals surface area contributed by atoms with Gasteiger partial charge in [0.25, 0.3) is 0 Å². The molecular weight excluding hydrogens is 544 g/mol. The van der Waals surface area contributed by atoms with Crippen molar-refractivity contribution in [2.45, 2.75) is 52.7 Å². The number of rotatable bonds is 11. The Labute approximate surface area is 260 Å². The first kappa shape index (κ1) is 28.2. The van der Waals surface area contributed by atoms with Gasteiger partial charge in [0.15, 0.2) is 11.5 Å². The fraction of sp³-hybridized carbons (Fsp3) is 0.289. The highest BCUT2D eigenvalue weighted by Crippen LogP contribution is 2.37. The zero-order valence-electron chi connectivity index (χ0n) is 25.6. The van der Waals surface area contributed by atoms with Gasteiger partial charge in [-0.1, -0.05) is 93.1 Å². The van der Waals surface area contributed by atoms with Gasteiger partial charge >= 0.3 is 0 Å². The molecular formula is C38H40N4O2. The second-order valence-corrected chi connectivity index (χ2v) is 12.4. The molecule has 1 aliphatic heterocycles. The van der Waals surface area contributed by atoms with Crippen LogP contribution in [0.1, 0.15) is 49.2 Å². The van der Waals surface area contributed by atoms with E-state index in [1.807, 2.05) is 6.07 Å². The molecule has 1 unspecified atom stereocenters. The lowest BCUT2D eigenvalue weighted by molar-refractivity contribution is 0.173. The van der Waals surface area contributed by atoms with Gasteiger partial charge < -0.3 is 19.0 Å². The topological polar surface area (TPSA) is 55.3 Å². The number of ether oxygens (including phenoxy) is 2. The van der Waals surface area contributed by atoms with Crippen LogP contribution in [0.4, 0.5) is 0 Å². The number of nitrogens with one attached hydrogen (secondary N) is 1. The first-order chi connectivity index (χ1) is 21.6. The Morgan fingerprint density at radius 3 is 2.48 bits per heavy atom. The zero-order chi connectivity index (χ0) is 29.9. The Balaban J connectivity index is 1.31. The standard InChI is InChI=1S/C38H40N4O2/c1-3-4-21-42-33(36(29-11-7-5-8-12-29)40-37(42)30-13-9-6-10-14-30)25-41(24-28-15-16-34-35(22-28)44-27-43-34)26-38(2)19-17-32-31(23-38)18-20-39-32/h5-20,22,39H,3-4,21,23-27H2,1-2H3. The largest absolute Gasteiger partial charge is 0.454 e. The van der Waals surface area contributed by atoms with Crippen molar-refractivity contribution in [3.8, 4) is 34.1 Å². The van der Waals surface area contributed by atoms with Gasteiger partial charge in [-0.2, -0.15) is 0 Å². The second kappa shape index (κ2) is 12.2. The Morgan fingerprint density at radius 1 is 0.909 bits per heavy atom. The molecule has 224 valence electrons. The van der Waals surface area contributed by atoms with E-state index >= 15 is 0 Å². The SMILES string of the molecule is CCCCn1c(-c2ccccc2)nc(-c2ccccc2)c1CN(Cc1ccc2c(c1)OCO2)CC1(C)C=Cc2[nH]ccc2C1. The van der Waals surface area contributed by atoms with Crippen LogP contribution in [-0.4, -0.2) is 32.8 Å². The Kier molecular flexibility index (Phi) is 7.84. The lowest BCUT2D eigenvalue weighted by Gasteiger charge is -2.36. The summed E-state index contributed by atoms with van der Waals surface area (Å²) in [5, 5.41) is 0. The van der Waals surface area contributed by atoms with Gasteiger partial charge in [-0.3, -0.25) is 4.90 Å². The molecule has 3 aromatic carbocycles. The fourth-order valence-corrected chi connectivity index (χ4v) is 6.64. The average Bonchev–Trinajstić information content (AvgIpc) is 3.79. The third-order valence-electron chi connectivity index (χ3n) is 8.80. The first-order valence-electron chi connectivity index (χ1n) is 15.8. The molecule has 0 fully saturated rings. The summed E-state index contributed by atoms with van der Waals surface area (Å²) in [6, 6.07) is 29.9. The highest BCUT2D eigenvalue weighted by Gasteiger charge is 2.31. The molecule has 0 saturated carbocycles. The van der Waals surface area contributed by atoms with Gasteiger partial charge in [-0.15, -0.1) is 0 Å². The van der Waals surface area contributed by atoms with Gasteiger partial charge in [0.05, 0.1) is 11.4 Å². The first-order valence-corrected chi connectivity index (χ1v) is 15.8. The highest BCUT2D eigenvalue weighted by molar-refractivity contribution is 5.68. The van der Waals surface area contributed by atoms with E-state index < -0.39 is 0 Å². The Hall–Kier alpha value is -4.55. The van der Waals surface area contributed by atoms with Crippen LogP contribution in [-0.2, 0) is 26.1 Å². The zero-order valence-corrected chi connectivity index (χ0v) is 25.6. The van der Waals surface area contributed by atoms with Crippen LogP contribution >= 0.6 is 0 Å². The van der Waals surface area contributed by atoms with E-state index in [9.17, 15) is 0 Å². The van der Waals surface area contributed by atoms with Gasteiger partial charge in [0.1, 0.15) is 5.82 Å². The van der Waals surface area contributed by atoms with E-state index in [1.54, 1.807) is 0 Å². The number of imidazole rings is 1. The molecule has 0 radical (unpaired) electrons. The van der Waals surface area contributed by atoms with E-state index in [-0.39, 0.29) is 12.2 Å². The van der Waals surface area contributed by atoms with Crippen LogP contribution in [0.2, 0.25) is 0 Å². The molecule has 0 amide bonds. The normalized spacial score (nSPS) is 16.9. The maximum atomic E-state index is 5.76. The number of unbranched alkanes of at least 4 members (excludes halogenated alkanes) is 1. The van der Waals surface area contributed by atoms with E-state index in [2.05, 4.69) is 126 Å². The number of H-pyrrole nitrogens is 1. The van der Waals surface area contributed by atoms with Crippen molar-refractivity contribution in [3.05, 3.63) is 120 Å². The molecule has 5 aromatic rings. The molecule has 3 heterocycles. The predicted molar refractivity (Wildman–Crippen MR) is 176 cm³/mol. The molecule has 1 N–H and O–H groups in total. The molecule has 1 aliphatic carbocycles. The average molecular weight is 585 g/mol. The van der Waals surface area contributed by atoms with Crippen LogP contribution < -0.4 is 9.47 Å². The predicted octanol–water partition coefficient (Wildman–Crippen LogP) is 8.35. The summed E-state index contributed by atoms with van der Waals surface area (Å²) in [5.41, 5.74) is 8.42. The molecule has 44 heavy (non-hydrogen) atoms. The molecule has 0 bridgehead atoms. The molecule has 0 saturated heterocycles. The summed E-state index contributed by atoms with van der Waals surface area (Å²) in [6.45, 7) is 8.31. The molecule has 7 rings (SSSR count). The van der Waals surface area contributed by atoms with Crippen molar-refractivity contribution in [2.75, 3.05) is 13.3 Å². The Bertz CT molecular complexity index is 1750. The summed E-state index contributed by atoms with van der Waals surface area (Å²) in [4.78, 5) is 11.4. The van der Waals surface area contributed by atoms with E-state index in [0.717, 1.165) is 79.6 Å². The third-order valence-corrected chi connectivity index (χ3v) is 8.80. The summed E-state index contributed by atoms with van der Waals surface area (Å²) in [7, 11) is 0. The van der Waals surface area contributed by atoms with Crippen LogP contribution in [0.3, 0.4) is 0 Å². The minimum absolute atomic E-state index is 0.0189. The van der Waals surface area contributed by atoms with Gasteiger partial charge in [0.2, 0.25) is 6.79 Å². The quantitative estimate of drug-likeness (QED) is 0.170. The molecule has 6 nitrogen and oxygen atoms in total. The second-order valence-electron chi connectivity index (χ2n) is 12.4. The fourth-order valence-electron chi connectivity index (χ4n) is 6.64.